The van der Waals surface area contributed by atoms with E-state index in [-0.39, 0.29) is 0 Å². The van der Waals surface area contributed by atoms with E-state index in [1.165, 1.54) is 0 Å². The standard InChI is InChI=1S/C14H16ClN3/c1-16-9-11-8-14(17-10-13(11)15)18(2)12-6-4-3-5-7-12/h3-8,10,16H,9H2,1-2H3. The minimum atomic E-state index is 0.689. The van der Waals surface area contributed by atoms with Crippen molar-refractivity contribution in [2.24, 2.45) is 0 Å². The van der Waals surface area contributed by atoms with Crippen LogP contribution in [0.2, 0.25) is 5.02 Å². The van der Waals surface area contributed by atoms with Gasteiger partial charge in [0.15, 0.2) is 0 Å². The van der Waals surface area contributed by atoms with Crippen LogP contribution in [0, 0.1) is 0 Å². The van der Waals surface area contributed by atoms with E-state index >= 15 is 0 Å². The van der Waals surface area contributed by atoms with Gasteiger partial charge in [-0.15, -0.1) is 0 Å². The Bertz CT molecular complexity index is 514. The SMILES string of the molecule is CNCc1cc(N(C)c2ccccc2)ncc1Cl. The van der Waals surface area contributed by atoms with Gasteiger partial charge in [-0.25, -0.2) is 4.98 Å². The number of pyridine rings is 1. The second-order valence-electron chi connectivity index (χ2n) is 4.06. The second kappa shape index (κ2) is 5.85. The zero-order valence-electron chi connectivity index (χ0n) is 10.5. The molecule has 2 rings (SSSR count). The van der Waals surface area contributed by atoms with E-state index < -0.39 is 0 Å². The lowest BCUT2D eigenvalue weighted by Gasteiger charge is -2.19. The lowest BCUT2D eigenvalue weighted by atomic mass is 10.2. The van der Waals surface area contributed by atoms with E-state index in [0.717, 1.165) is 23.6 Å². The molecule has 94 valence electrons. The molecule has 0 saturated heterocycles. The maximum Gasteiger partial charge on any atom is 0.133 e. The summed E-state index contributed by atoms with van der Waals surface area (Å²) in [4.78, 5) is 6.40. The quantitative estimate of drug-likeness (QED) is 0.916. The lowest BCUT2D eigenvalue weighted by Crippen LogP contribution is -2.13. The van der Waals surface area contributed by atoms with Crippen molar-refractivity contribution in [3.8, 4) is 0 Å². The Hall–Kier alpha value is -1.58. The molecule has 0 aliphatic heterocycles. The van der Waals surface area contributed by atoms with E-state index in [4.69, 9.17) is 11.6 Å². The van der Waals surface area contributed by atoms with Crippen LogP contribution in [0.4, 0.5) is 11.5 Å². The van der Waals surface area contributed by atoms with Crippen molar-refractivity contribution in [1.82, 2.24) is 10.3 Å². The molecule has 0 amide bonds. The average molecular weight is 262 g/mol. The van der Waals surface area contributed by atoms with Crippen LogP contribution in [0.5, 0.6) is 0 Å². The van der Waals surface area contributed by atoms with Gasteiger partial charge >= 0.3 is 0 Å². The van der Waals surface area contributed by atoms with Crippen molar-refractivity contribution in [2.75, 3.05) is 19.0 Å². The topological polar surface area (TPSA) is 28.2 Å². The highest BCUT2D eigenvalue weighted by Crippen LogP contribution is 2.24. The first kappa shape index (κ1) is 12.9. The van der Waals surface area contributed by atoms with Gasteiger partial charge < -0.3 is 10.2 Å². The highest BCUT2D eigenvalue weighted by Gasteiger charge is 2.08. The van der Waals surface area contributed by atoms with Gasteiger partial charge in [-0.05, 0) is 30.8 Å². The Labute approximate surface area is 112 Å². The molecular weight excluding hydrogens is 246 g/mol. The van der Waals surface area contributed by atoms with Crippen LogP contribution < -0.4 is 10.2 Å². The molecule has 0 unspecified atom stereocenters. The van der Waals surface area contributed by atoms with Crippen molar-refractivity contribution < 1.29 is 0 Å². The third-order valence-electron chi connectivity index (χ3n) is 2.77. The zero-order valence-corrected chi connectivity index (χ0v) is 11.3. The third kappa shape index (κ3) is 2.81. The van der Waals surface area contributed by atoms with Crippen molar-refractivity contribution in [2.45, 2.75) is 6.54 Å². The minimum Gasteiger partial charge on any atom is -0.329 e. The fourth-order valence-electron chi connectivity index (χ4n) is 1.76. The van der Waals surface area contributed by atoms with Crippen LogP contribution in [0.15, 0.2) is 42.6 Å². The number of anilines is 2. The molecule has 1 aromatic carbocycles. The van der Waals surface area contributed by atoms with Crippen LogP contribution in [0.25, 0.3) is 0 Å². The summed E-state index contributed by atoms with van der Waals surface area (Å²) in [7, 11) is 3.89. The molecule has 1 heterocycles. The van der Waals surface area contributed by atoms with Crippen LogP contribution in [-0.4, -0.2) is 19.1 Å². The number of aromatic nitrogens is 1. The molecule has 0 saturated carbocycles. The van der Waals surface area contributed by atoms with Gasteiger partial charge in [0.25, 0.3) is 0 Å². The molecule has 0 bridgehead atoms. The minimum absolute atomic E-state index is 0.689. The molecule has 2 aromatic rings. The predicted octanol–water partition coefficient (Wildman–Crippen LogP) is 3.22. The fourth-order valence-corrected chi connectivity index (χ4v) is 1.93. The molecule has 4 heteroatoms. The molecule has 0 aliphatic rings. The maximum absolute atomic E-state index is 6.10. The van der Waals surface area contributed by atoms with E-state index in [9.17, 15) is 0 Å². The fraction of sp³-hybridized carbons (Fsp3) is 0.214. The van der Waals surface area contributed by atoms with E-state index in [0.29, 0.717) is 5.02 Å². The van der Waals surface area contributed by atoms with Gasteiger partial charge in [-0.3, -0.25) is 0 Å². The third-order valence-corrected chi connectivity index (χ3v) is 3.11. The summed E-state index contributed by atoms with van der Waals surface area (Å²) in [5.41, 5.74) is 2.15. The molecule has 0 aliphatic carbocycles. The first-order valence-corrected chi connectivity index (χ1v) is 6.18. The van der Waals surface area contributed by atoms with Gasteiger partial charge in [0, 0.05) is 25.5 Å². The Kier molecular flexibility index (Phi) is 4.18. The van der Waals surface area contributed by atoms with Crippen LogP contribution >= 0.6 is 11.6 Å². The number of nitrogens with zero attached hydrogens (tertiary/aromatic N) is 2. The molecule has 3 nitrogen and oxygen atoms in total. The monoisotopic (exact) mass is 261 g/mol. The van der Waals surface area contributed by atoms with Crippen LogP contribution in [0.1, 0.15) is 5.56 Å². The van der Waals surface area contributed by atoms with Crippen molar-refractivity contribution in [3.05, 3.63) is 53.2 Å². The molecular formula is C14H16ClN3. The summed E-state index contributed by atoms with van der Waals surface area (Å²) in [6.07, 6.45) is 1.70. The molecule has 1 aromatic heterocycles. The van der Waals surface area contributed by atoms with Gasteiger partial charge in [0.1, 0.15) is 5.82 Å². The Morgan fingerprint density at radius 2 is 2.00 bits per heavy atom. The van der Waals surface area contributed by atoms with Crippen molar-refractivity contribution in [1.29, 1.82) is 0 Å². The number of benzene rings is 1. The summed E-state index contributed by atoms with van der Waals surface area (Å²) in [6, 6.07) is 12.1. The highest BCUT2D eigenvalue weighted by molar-refractivity contribution is 6.31. The Morgan fingerprint density at radius 1 is 1.28 bits per heavy atom. The van der Waals surface area contributed by atoms with Crippen molar-refractivity contribution in [3.63, 3.8) is 0 Å². The number of nitrogens with one attached hydrogen (secondary N) is 1. The number of hydrogen-bond donors (Lipinski definition) is 1. The normalized spacial score (nSPS) is 10.4. The zero-order chi connectivity index (χ0) is 13.0. The lowest BCUT2D eigenvalue weighted by molar-refractivity contribution is 0.815. The van der Waals surface area contributed by atoms with E-state index in [1.54, 1.807) is 6.20 Å². The number of para-hydroxylation sites is 1. The summed E-state index contributed by atoms with van der Waals surface area (Å²) >= 11 is 6.10. The summed E-state index contributed by atoms with van der Waals surface area (Å²) in [5, 5.41) is 3.79. The molecule has 18 heavy (non-hydrogen) atoms. The summed E-state index contributed by atoms with van der Waals surface area (Å²) in [6.45, 7) is 0.733. The largest absolute Gasteiger partial charge is 0.329 e. The first-order chi connectivity index (χ1) is 8.72. The number of halogens is 1. The highest BCUT2D eigenvalue weighted by atomic mass is 35.5. The first-order valence-electron chi connectivity index (χ1n) is 5.80. The average Bonchev–Trinajstić information content (AvgIpc) is 2.42. The molecule has 1 N–H and O–H groups in total. The Balaban J connectivity index is 2.31. The Morgan fingerprint density at radius 3 is 2.67 bits per heavy atom. The summed E-state index contributed by atoms with van der Waals surface area (Å²) < 4.78 is 0. The van der Waals surface area contributed by atoms with Gasteiger partial charge in [0.05, 0.1) is 5.02 Å². The van der Waals surface area contributed by atoms with Crippen LogP contribution in [-0.2, 0) is 6.54 Å². The predicted molar refractivity (Wildman–Crippen MR) is 76.5 cm³/mol. The van der Waals surface area contributed by atoms with Gasteiger partial charge in [0.2, 0.25) is 0 Å². The molecule has 0 fully saturated rings. The molecule has 0 spiro atoms. The van der Waals surface area contributed by atoms with Crippen molar-refractivity contribution >= 4 is 23.1 Å². The molecule has 0 radical (unpaired) electrons. The number of rotatable bonds is 4. The van der Waals surface area contributed by atoms with Gasteiger partial charge in [-0.2, -0.15) is 0 Å². The smallest absolute Gasteiger partial charge is 0.133 e. The second-order valence-corrected chi connectivity index (χ2v) is 4.47. The summed E-state index contributed by atoms with van der Waals surface area (Å²) in [5.74, 6) is 0.885. The van der Waals surface area contributed by atoms with E-state index in [1.807, 2.05) is 55.4 Å². The number of hydrogen-bond acceptors (Lipinski definition) is 3. The van der Waals surface area contributed by atoms with Gasteiger partial charge in [-0.1, -0.05) is 29.8 Å². The maximum atomic E-state index is 6.10. The molecule has 0 atom stereocenters. The van der Waals surface area contributed by atoms with E-state index in [2.05, 4.69) is 10.3 Å². The van der Waals surface area contributed by atoms with Crippen LogP contribution in [0.3, 0.4) is 0 Å².